The number of hydrogen-bond donors (Lipinski definition) is 0. The molecule has 0 saturated carbocycles. The van der Waals surface area contributed by atoms with E-state index in [1.165, 1.54) is 21.6 Å². The zero-order valence-corrected chi connectivity index (χ0v) is 18.8. The molecule has 3 saturated heterocycles. The number of hydrogen-bond acceptors (Lipinski definition) is 6. The second-order valence-electron chi connectivity index (χ2n) is 6.92. The van der Waals surface area contributed by atoms with Crippen molar-refractivity contribution in [3.05, 3.63) is 71.8 Å². The van der Waals surface area contributed by atoms with Crippen molar-refractivity contribution in [2.24, 2.45) is 0 Å². The predicted molar refractivity (Wildman–Crippen MR) is 122 cm³/mol. The molecule has 28 heavy (non-hydrogen) atoms. The largest absolute Gasteiger partial charge is 0.319 e. The maximum Gasteiger partial charge on any atom is 0.261 e. The molecule has 3 aliphatic heterocycles. The Hall–Kier alpha value is -1.22. The van der Waals surface area contributed by atoms with Crippen LogP contribution in [0.2, 0.25) is 0 Å². The second kappa shape index (κ2) is 7.89. The molecule has 0 unspecified atom stereocenters. The van der Waals surface area contributed by atoms with E-state index < -0.39 is 9.74 Å². The van der Waals surface area contributed by atoms with Crippen LogP contribution in [-0.2, 0) is 22.4 Å². The van der Waals surface area contributed by atoms with Crippen molar-refractivity contribution in [2.75, 3.05) is 14.1 Å². The van der Waals surface area contributed by atoms with Crippen LogP contribution < -0.4 is 0 Å². The fourth-order valence-electron chi connectivity index (χ4n) is 3.65. The Bertz CT molecular complexity index is 809. The fourth-order valence-corrected chi connectivity index (χ4v) is 11.5. The van der Waals surface area contributed by atoms with Gasteiger partial charge in [-0.2, -0.15) is 0 Å². The molecule has 2 atom stereocenters. The predicted octanol–water partition coefficient (Wildman–Crippen LogP) is 4.49. The zero-order valence-electron chi connectivity index (χ0n) is 15.5. The van der Waals surface area contributed by atoms with E-state index in [-0.39, 0.29) is 11.8 Å². The Balaban J connectivity index is 1.76. The van der Waals surface area contributed by atoms with Crippen LogP contribution in [0.4, 0.5) is 0 Å². The lowest BCUT2D eigenvalue weighted by Crippen LogP contribution is -2.74. The molecule has 2 bridgehead atoms. The molecular formula is C20H20N2O2S4. The second-order valence-corrected chi connectivity index (χ2v) is 13.1. The van der Waals surface area contributed by atoms with Gasteiger partial charge in [-0.15, -0.1) is 0 Å². The van der Waals surface area contributed by atoms with E-state index in [0.717, 1.165) is 11.1 Å². The lowest BCUT2D eigenvalue weighted by molar-refractivity contribution is -0.162. The Morgan fingerprint density at radius 2 is 1.04 bits per heavy atom. The number of benzene rings is 2. The van der Waals surface area contributed by atoms with Crippen LogP contribution in [0, 0.1) is 0 Å². The molecule has 0 aromatic heterocycles. The molecule has 146 valence electrons. The van der Waals surface area contributed by atoms with E-state index in [1.54, 1.807) is 43.5 Å². The Morgan fingerprint density at radius 3 is 1.39 bits per heavy atom. The summed E-state index contributed by atoms with van der Waals surface area (Å²) in [4.78, 5) is 28.9. The van der Waals surface area contributed by atoms with Gasteiger partial charge in [-0.3, -0.25) is 9.59 Å². The molecule has 2 aromatic rings. The van der Waals surface area contributed by atoms with Crippen LogP contribution in [0.15, 0.2) is 60.7 Å². The lowest BCUT2D eigenvalue weighted by Gasteiger charge is -2.55. The van der Waals surface area contributed by atoms with E-state index in [0.29, 0.717) is 12.8 Å². The van der Waals surface area contributed by atoms with Gasteiger partial charge in [-0.05, 0) is 52.4 Å². The Kier molecular flexibility index (Phi) is 5.66. The van der Waals surface area contributed by atoms with Crippen LogP contribution in [-0.4, -0.2) is 45.5 Å². The summed E-state index contributed by atoms with van der Waals surface area (Å²) in [5.74, 6) is -0.0284. The highest BCUT2D eigenvalue weighted by Crippen LogP contribution is 2.61. The highest BCUT2D eigenvalue weighted by atomic mass is 33.7. The van der Waals surface area contributed by atoms with E-state index in [2.05, 4.69) is 0 Å². The standard InChI is InChI=1S/C20H20N2O2S4/c1-21-17(23)20(14-16-11-7-4-8-12-16)22(2)18(24)19(21,25-27-28-26-20)13-15-9-5-3-6-10-15/h3-12H,13-14H2,1-2H3/t19-,20-/m1/s1. The highest BCUT2D eigenvalue weighted by molar-refractivity contribution is 9.26. The lowest BCUT2D eigenvalue weighted by atomic mass is 9.94. The third kappa shape index (κ3) is 3.24. The smallest absolute Gasteiger partial charge is 0.261 e. The summed E-state index contributed by atoms with van der Waals surface area (Å²) in [7, 11) is 9.69. The molecule has 0 N–H and O–H groups in total. The Labute approximate surface area is 180 Å². The molecule has 2 aromatic carbocycles. The molecule has 8 heteroatoms. The number of piperazine rings is 1. The van der Waals surface area contributed by atoms with Gasteiger partial charge in [-0.25, -0.2) is 0 Å². The average molecular weight is 449 g/mol. The van der Waals surface area contributed by atoms with Crippen LogP contribution >= 0.6 is 41.2 Å². The third-order valence-electron chi connectivity index (χ3n) is 5.31. The van der Waals surface area contributed by atoms with Crippen LogP contribution in [0.5, 0.6) is 0 Å². The van der Waals surface area contributed by atoms with Crippen molar-refractivity contribution in [1.29, 1.82) is 0 Å². The first-order valence-corrected chi connectivity index (χ1v) is 13.7. The third-order valence-corrected chi connectivity index (χ3v) is 12.7. The van der Waals surface area contributed by atoms with Crippen LogP contribution in [0.1, 0.15) is 11.1 Å². The minimum absolute atomic E-state index is 0.0142. The summed E-state index contributed by atoms with van der Waals surface area (Å²) >= 11 is 0. The van der Waals surface area contributed by atoms with Gasteiger partial charge in [0, 0.05) is 26.9 Å². The maximum atomic E-state index is 13.7. The van der Waals surface area contributed by atoms with E-state index >= 15 is 0 Å². The van der Waals surface area contributed by atoms with E-state index in [9.17, 15) is 9.59 Å². The number of carbonyl (C=O) groups excluding carboxylic acids is 2. The number of carbonyl (C=O) groups is 2. The molecule has 3 aliphatic rings. The van der Waals surface area contributed by atoms with Crippen molar-refractivity contribution in [3.8, 4) is 0 Å². The van der Waals surface area contributed by atoms with Crippen molar-refractivity contribution < 1.29 is 9.59 Å². The van der Waals surface area contributed by atoms with Crippen molar-refractivity contribution in [3.63, 3.8) is 0 Å². The summed E-state index contributed by atoms with van der Waals surface area (Å²) in [6.07, 6.45) is 0.979. The van der Waals surface area contributed by atoms with E-state index in [1.807, 2.05) is 60.7 Å². The summed E-state index contributed by atoms with van der Waals surface area (Å²) in [5, 5.41) is 0. The van der Waals surface area contributed by atoms with Gasteiger partial charge < -0.3 is 9.80 Å². The van der Waals surface area contributed by atoms with Crippen molar-refractivity contribution in [2.45, 2.75) is 22.6 Å². The van der Waals surface area contributed by atoms with Crippen LogP contribution in [0.3, 0.4) is 0 Å². The number of likely N-dealkylation sites (N-methyl/N-ethyl adjacent to an activating group) is 2. The summed E-state index contributed by atoms with van der Waals surface area (Å²) in [6.45, 7) is 0. The molecule has 0 spiro atoms. The quantitative estimate of drug-likeness (QED) is 0.642. The van der Waals surface area contributed by atoms with Gasteiger partial charge in [0.05, 0.1) is 0 Å². The molecule has 3 fully saturated rings. The molecule has 4 nitrogen and oxygen atoms in total. The first-order valence-electron chi connectivity index (χ1n) is 8.84. The fraction of sp³-hybridized carbons (Fsp3) is 0.300. The van der Waals surface area contributed by atoms with Gasteiger partial charge in [0.25, 0.3) is 11.8 Å². The highest BCUT2D eigenvalue weighted by Gasteiger charge is 2.63. The summed E-state index contributed by atoms with van der Waals surface area (Å²) in [5.41, 5.74) is 2.09. The van der Waals surface area contributed by atoms with Gasteiger partial charge in [0.15, 0.2) is 9.74 Å². The van der Waals surface area contributed by atoms with Crippen molar-refractivity contribution in [1.82, 2.24) is 9.80 Å². The normalized spacial score (nSPS) is 27.6. The molecular weight excluding hydrogens is 429 g/mol. The van der Waals surface area contributed by atoms with Crippen LogP contribution in [0.25, 0.3) is 0 Å². The number of fused-ring (bicyclic) bond motifs is 5. The van der Waals surface area contributed by atoms with E-state index in [4.69, 9.17) is 0 Å². The minimum atomic E-state index is -0.938. The first-order chi connectivity index (χ1) is 13.5. The average Bonchev–Trinajstić information content (AvgIpc) is 2.73. The molecule has 0 aliphatic carbocycles. The molecule has 3 heterocycles. The van der Waals surface area contributed by atoms with Gasteiger partial charge in [0.1, 0.15) is 0 Å². The SMILES string of the molecule is CN1C(=O)[C@@]2(Cc3ccccc3)SSSS[C@]1(Cc1ccccc1)C(=O)N2C. The number of amides is 2. The zero-order chi connectivity index (χ0) is 19.8. The molecule has 5 rings (SSSR count). The Morgan fingerprint density at radius 1 is 0.679 bits per heavy atom. The molecule has 0 radical (unpaired) electrons. The minimum Gasteiger partial charge on any atom is -0.319 e. The summed E-state index contributed by atoms with van der Waals surface area (Å²) < 4.78 is 0. The van der Waals surface area contributed by atoms with Gasteiger partial charge in [-0.1, -0.05) is 60.7 Å². The monoisotopic (exact) mass is 448 g/mol. The first kappa shape index (κ1) is 20.1. The molecule has 2 amide bonds. The number of nitrogens with zero attached hydrogens (tertiary/aromatic N) is 2. The number of rotatable bonds is 4. The van der Waals surface area contributed by atoms with Gasteiger partial charge in [0.2, 0.25) is 0 Å². The summed E-state index contributed by atoms with van der Waals surface area (Å²) in [6, 6.07) is 19.8. The van der Waals surface area contributed by atoms with Crippen molar-refractivity contribution >= 4 is 53.1 Å². The maximum absolute atomic E-state index is 13.7. The topological polar surface area (TPSA) is 40.6 Å². The van der Waals surface area contributed by atoms with Gasteiger partial charge >= 0.3 is 0 Å².